The molecular formula is C13H10N4O2. The van der Waals surface area contributed by atoms with Crippen LogP contribution in [0.2, 0.25) is 0 Å². The van der Waals surface area contributed by atoms with Crippen LogP contribution in [0.25, 0.3) is 11.3 Å². The standard InChI is InChI=1S/C13H10N4O2/c1-3-11(17-16-8-13-15-5-6-18-13)4-2-10(1)12-7-14-9-19-12/h1-7,9H,8H2. The Labute approximate surface area is 108 Å². The number of azo groups is 1. The van der Waals surface area contributed by atoms with Gasteiger partial charge in [0.1, 0.15) is 12.8 Å². The Hall–Kier alpha value is -2.76. The SMILES string of the molecule is c1coc(CN=Nc2ccc(-c3cnco3)cc2)n1. The van der Waals surface area contributed by atoms with Crippen LogP contribution in [0.3, 0.4) is 0 Å². The van der Waals surface area contributed by atoms with Crippen molar-refractivity contribution in [1.82, 2.24) is 9.97 Å². The molecule has 1 aromatic carbocycles. The van der Waals surface area contributed by atoms with Gasteiger partial charge in [-0.2, -0.15) is 10.2 Å². The Bertz CT molecular complexity index is 643. The molecule has 0 saturated heterocycles. The maximum atomic E-state index is 5.20. The average molecular weight is 254 g/mol. The Morgan fingerprint density at radius 3 is 2.68 bits per heavy atom. The number of hydrogen-bond donors (Lipinski definition) is 0. The fourth-order valence-corrected chi connectivity index (χ4v) is 1.56. The van der Waals surface area contributed by atoms with Gasteiger partial charge in [0.25, 0.3) is 0 Å². The normalized spacial score (nSPS) is 11.2. The molecule has 6 nitrogen and oxygen atoms in total. The number of hydrogen-bond acceptors (Lipinski definition) is 6. The van der Waals surface area contributed by atoms with Gasteiger partial charge in [0.05, 0.1) is 18.1 Å². The van der Waals surface area contributed by atoms with Gasteiger partial charge in [-0.25, -0.2) is 9.97 Å². The van der Waals surface area contributed by atoms with Crippen molar-refractivity contribution in [3.8, 4) is 11.3 Å². The summed E-state index contributed by atoms with van der Waals surface area (Å²) in [6.07, 6.45) is 6.16. The minimum Gasteiger partial charge on any atom is -0.447 e. The molecule has 0 saturated carbocycles. The number of aromatic nitrogens is 2. The zero-order chi connectivity index (χ0) is 12.9. The lowest BCUT2D eigenvalue weighted by molar-refractivity contribution is 0.494. The molecule has 0 fully saturated rings. The van der Waals surface area contributed by atoms with Crippen molar-refractivity contribution in [3.63, 3.8) is 0 Å². The van der Waals surface area contributed by atoms with Gasteiger partial charge in [0, 0.05) is 5.56 Å². The average Bonchev–Trinajstić information content (AvgIpc) is 3.13. The van der Waals surface area contributed by atoms with Gasteiger partial charge >= 0.3 is 0 Å². The summed E-state index contributed by atoms with van der Waals surface area (Å²) in [5, 5.41) is 8.09. The molecule has 0 bridgehead atoms. The third-order valence-corrected chi connectivity index (χ3v) is 2.46. The second-order valence-electron chi connectivity index (χ2n) is 3.74. The summed E-state index contributed by atoms with van der Waals surface area (Å²) in [6.45, 7) is 0.330. The van der Waals surface area contributed by atoms with Crippen LogP contribution in [-0.2, 0) is 6.54 Å². The maximum Gasteiger partial charge on any atom is 0.217 e. The van der Waals surface area contributed by atoms with Crippen molar-refractivity contribution < 1.29 is 8.83 Å². The predicted molar refractivity (Wildman–Crippen MR) is 66.7 cm³/mol. The lowest BCUT2D eigenvalue weighted by Crippen LogP contribution is -1.77. The molecule has 0 aliphatic carbocycles. The fourth-order valence-electron chi connectivity index (χ4n) is 1.56. The van der Waals surface area contributed by atoms with E-state index in [0.29, 0.717) is 12.4 Å². The van der Waals surface area contributed by atoms with Gasteiger partial charge in [0.2, 0.25) is 5.89 Å². The summed E-state index contributed by atoms with van der Waals surface area (Å²) in [4.78, 5) is 7.83. The summed E-state index contributed by atoms with van der Waals surface area (Å²) < 4.78 is 10.3. The first-order valence-corrected chi connectivity index (χ1v) is 5.66. The van der Waals surface area contributed by atoms with E-state index in [9.17, 15) is 0 Å². The van der Waals surface area contributed by atoms with Crippen molar-refractivity contribution in [3.05, 3.63) is 55.2 Å². The van der Waals surface area contributed by atoms with E-state index in [2.05, 4.69) is 20.2 Å². The van der Waals surface area contributed by atoms with Gasteiger partial charge in [-0.15, -0.1) is 0 Å². The molecule has 0 N–H and O–H groups in total. The smallest absolute Gasteiger partial charge is 0.217 e. The molecule has 0 atom stereocenters. The molecule has 0 spiro atoms. The van der Waals surface area contributed by atoms with Crippen LogP contribution in [0, 0.1) is 0 Å². The van der Waals surface area contributed by atoms with E-state index in [-0.39, 0.29) is 0 Å². The minimum atomic E-state index is 0.330. The summed E-state index contributed by atoms with van der Waals surface area (Å²) >= 11 is 0. The highest BCUT2D eigenvalue weighted by Crippen LogP contribution is 2.22. The Balaban J connectivity index is 1.67. The molecule has 2 heterocycles. The lowest BCUT2D eigenvalue weighted by atomic mass is 10.2. The van der Waals surface area contributed by atoms with Crippen molar-refractivity contribution in [1.29, 1.82) is 0 Å². The van der Waals surface area contributed by atoms with Crippen LogP contribution in [0.5, 0.6) is 0 Å². The van der Waals surface area contributed by atoms with Gasteiger partial charge < -0.3 is 8.83 Å². The topological polar surface area (TPSA) is 76.8 Å². The third kappa shape index (κ3) is 2.74. The van der Waals surface area contributed by atoms with Crippen molar-refractivity contribution >= 4 is 5.69 Å². The second-order valence-corrected chi connectivity index (χ2v) is 3.74. The highest BCUT2D eigenvalue weighted by molar-refractivity contribution is 5.59. The fraction of sp³-hybridized carbons (Fsp3) is 0.0769. The van der Waals surface area contributed by atoms with Gasteiger partial charge in [-0.1, -0.05) is 0 Å². The highest BCUT2D eigenvalue weighted by atomic mass is 16.3. The first-order valence-electron chi connectivity index (χ1n) is 5.66. The number of benzene rings is 1. The van der Waals surface area contributed by atoms with Gasteiger partial charge in [-0.3, -0.25) is 0 Å². The van der Waals surface area contributed by atoms with E-state index in [1.54, 1.807) is 12.4 Å². The number of rotatable bonds is 4. The zero-order valence-electron chi connectivity index (χ0n) is 9.93. The molecule has 0 radical (unpaired) electrons. The first-order chi connectivity index (χ1) is 9.42. The highest BCUT2D eigenvalue weighted by Gasteiger charge is 2.00. The molecule has 19 heavy (non-hydrogen) atoms. The number of oxazole rings is 2. The maximum absolute atomic E-state index is 5.20. The monoisotopic (exact) mass is 254 g/mol. The van der Waals surface area contributed by atoms with E-state index < -0.39 is 0 Å². The van der Waals surface area contributed by atoms with E-state index in [0.717, 1.165) is 17.0 Å². The largest absolute Gasteiger partial charge is 0.447 e. The van der Waals surface area contributed by atoms with Crippen LogP contribution in [0.1, 0.15) is 5.89 Å². The second kappa shape index (κ2) is 5.26. The molecule has 94 valence electrons. The Morgan fingerprint density at radius 1 is 1.11 bits per heavy atom. The summed E-state index contributed by atoms with van der Waals surface area (Å²) in [6, 6.07) is 7.52. The predicted octanol–water partition coefficient (Wildman–Crippen LogP) is 3.61. The Morgan fingerprint density at radius 2 is 2.00 bits per heavy atom. The molecule has 3 rings (SSSR count). The summed E-state index contributed by atoms with van der Waals surface area (Å²) in [7, 11) is 0. The summed E-state index contributed by atoms with van der Waals surface area (Å²) in [5.74, 6) is 1.27. The quantitative estimate of drug-likeness (QED) is 0.666. The Kier molecular flexibility index (Phi) is 3.14. The molecular weight excluding hydrogens is 244 g/mol. The molecule has 3 aromatic rings. The van der Waals surface area contributed by atoms with Crippen LogP contribution in [-0.4, -0.2) is 9.97 Å². The van der Waals surface area contributed by atoms with Crippen LogP contribution >= 0.6 is 0 Å². The van der Waals surface area contributed by atoms with Crippen LogP contribution in [0.4, 0.5) is 5.69 Å². The molecule has 0 unspecified atom stereocenters. The van der Waals surface area contributed by atoms with Crippen LogP contribution in [0.15, 0.2) is 68.4 Å². The zero-order valence-corrected chi connectivity index (χ0v) is 9.93. The van der Waals surface area contributed by atoms with Gasteiger partial charge in [0.15, 0.2) is 12.2 Å². The molecule has 0 aliphatic rings. The van der Waals surface area contributed by atoms with Crippen molar-refractivity contribution in [2.45, 2.75) is 6.54 Å². The molecule has 2 aromatic heterocycles. The number of nitrogens with zero attached hydrogens (tertiary/aromatic N) is 4. The van der Waals surface area contributed by atoms with E-state index in [1.807, 2.05) is 24.3 Å². The molecule has 0 amide bonds. The third-order valence-electron chi connectivity index (χ3n) is 2.46. The minimum absolute atomic E-state index is 0.330. The van der Waals surface area contributed by atoms with Gasteiger partial charge in [-0.05, 0) is 24.3 Å². The molecule has 0 aliphatic heterocycles. The van der Waals surface area contributed by atoms with E-state index >= 15 is 0 Å². The molecule has 6 heteroatoms. The van der Waals surface area contributed by atoms with Crippen LogP contribution < -0.4 is 0 Å². The van der Waals surface area contributed by atoms with Crippen molar-refractivity contribution in [2.75, 3.05) is 0 Å². The first kappa shape index (κ1) is 11.3. The van der Waals surface area contributed by atoms with E-state index in [4.69, 9.17) is 8.83 Å². The van der Waals surface area contributed by atoms with E-state index in [1.165, 1.54) is 12.7 Å². The van der Waals surface area contributed by atoms with Crippen molar-refractivity contribution in [2.24, 2.45) is 10.2 Å². The lowest BCUT2D eigenvalue weighted by Gasteiger charge is -1.96. The summed E-state index contributed by atoms with van der Waals surface area (Å²) in [5.41, 5.74) is 1.71.